The third kappa shape index (κ3) is 4.46. The van der Waals surface area contributed by atoms with E-state index in [1.165, 1.54) is 0 Å². The predicted octanol–water partition coefficient (Wildman–Crippen LogP) is 4.05. The van der Waals surface area contributed by atoms with Crippen LogP contribution in [-0.4, -0.2) is 21.3 Å². The van der Waals surface area contributed by atoms with Crippen LogP contribution in [0.3, 0.4) is 0 Å². The molecule has 0 atom stereocenters. The molecule has 0 aliphatic carbocycles. The van der Waals surface area contributed by atoms with Gasteiger partial charge in [0, 0.05) is 5.41 Å². The Morgan fingerprint density at radius 1 is 1.21 bits per heavy atom. The molecule has 0 amide bonds. The summed E-state index contributed by atoms with van der Waals surface area (Å²) in [5, 5.41) is 0. The first kappa shape index (κ1) is 14.8. The first-order valence-electron chi connectivity index (χ1n) is 6.61. The van der Waals surface area contributed by atoms with Crippen molar-refractivity contribution in [3.8, 4) is 11.5 Å². The molecule has 1 aromatic rings. The van der Waals surface area contributed by atoms with E-state index in [1.807, 2.05) is 0 Å². The molecule has 104 valence electrons. The molecule has 2 rings (SSSR count). The van der Waals surface area contributed by atoms with E-state index in [0.717, 1.165) is 23.0 Å². The highest BCUT2D eigenvalue weighted by Crippen LogP contribution is 2.34. The average molecular weight is 294 g/mol. The van der Waals surface area contributed by atoms with E-state index in [9.17, 15) is 0 Å². The minimum absolute atomic E-state index is 0.119. The molecular formula is C15H22O2SSi. The second-order valence-electron chi connectivity index (χ2n) is 6.82. The van der Waals surface area contributed by atoms with Gasteiger partial charge in [-0.1, -0.05) is 39.4 Å². The minimum Gasteiger partial charge on any atom is -0.347 e. The summed E-state index contributed by atoms with van der Waals surface area (Å²) in [6.45, 7) is 12.6. The van der Waals surface area contributed by atoms with Crippen molar-refractivity contribution < 1.29 is 9.47 Å². The van der Waals surface area contributed by atoms with Gasteiger partial charge in [0.1, 0.15) is 8.07 Å². The van der Waals surface area contributed by atoms with Gasteiger partial charge in [0.05, 0.1) is 23.0 Å². The van der Waals surface area contributed by atoms with E-state index in [1.54, 1.807) is 11.3 Å². The molecule has 1 aliphatic rings. The van der Waals surface area contributed by atoms with Crippen molar-refractivity contribution in [2.24, 2.45) is 5.41 Å². The van der Waals surface area contributed by atoms with Crippen molar-refractivity contribution in [1.82, 2.24) is 0 Å². The first-order chi connectivity index (χ1) is 8.75. The summed E-state index contributed by atoms with van der Waals surface area (Å²) >= 11 is 1.68. The number of hydrogen-bond acceptors (Lipinski definition) is 3. The summed E-state index contributed by atoms with van der Waals surface area (Å²) in [5.41, 5.74) is 3.50. The fourth-order valence-corrected chi connectivity index (χ4v) is 3.11. The summed E-state index contributed by atoms with van der Waals surface area (Å²) in [6, 6.07) is 4.14. The molecule has 19 heavy (non-hydrogen) atoms. The monoisotopic (exact) mass is 294 g/mol. The lowest BCUT2D eigenvalue weighted by molar-refractivity contribution is -0.224. The Balaban J connectivity index is 2.03. The molecule has 1 aliphatic heterocycles. The summed E-state index contributed by atoms with van der Waals surface area (Å²) in [5.74, 6) is 3.28. The van der Waals surface area contributed by atoms with Gasteiger partial charge in [-0.3, -0.25) is 0 Å². The molecule has 0 aromatic carbocycles. The molecule has 4 heteroatoms. The van der Waals surface area contributed by atoms with Crippen molar-refractivity contribution in [1.29, 1.82) is 0 Å². The molecule has 0 spiro atoms. The maximum absolute atomic E-state index is 5.79. The van der Waals surface area contributed by atoms with Crippen molar-refractivity contribution in [2.75, 3.05) is 13.2 Å². The molecule has 1 saturated heterocycles. The maximum atomic E-state index is 5.79. The van der Waals surface area contributed by atoms with E-state index in [2.05, 4.69) is 57.1 Å². The third-order valence-electron chi connectivity index (χ3n) is 2.67. The SMILES string of the molecule is CC1(C)COC(c2ccc(C#C[Si](C)(C)C)s2)OC1. The van der Waals surface area contributed by atoms with Crippen LogP contribution < -0.4 is 0 Å². The molecule has 0 N–H and O–H groups in total. The Labute approximate surface area is 121 Å². The Morgan fingerprint density at radius 2 is 1.84 bits per heavy atom. The molecule has 0 bridgehead atoms. The summed E-state index contributed by atoms with van der Waals surface area (Å²) in [7, 11) is -1.31. The zero-order valence-corrected chi connectivity index (χ0v) is 14.2. The fourth-order valence-electron chi connectivity index (χ4n) is 1.65. The highest BCUT2D eigenvalue weighted by molar-refractivity contribution is 7.12. The molecule has 1 aromatic heterocycles. The van der Waals surface area contributed by atoms with Gasteiger partial charge < -0.3 is 9.47 Å². The lowest BCUT2D eigenvalue weighted by Gasteiger charge is -2.34. The van der Waals surface area contributed by atoms with E-state index in [4.69, 9.17) is 9.47 Å². The van der Waals surface area contributed by atoms with Crippen LogP contribution in [0.15, 0.2) is 12.1 Å². The minimum atomic E-state index is -1.31. The van der Waals surface area contributed by atoms with Crippen LogP contribution in [0, 0.1) is 16.9 Å². The Morgan fingerprint density at radius 3 is 2.42 bits per heavy atom. The molecule has 0 unspecified atom stereocenters. The quantitative estimate of drug-likeness (QED) is 0.575. The fraction of sp³-hybridized carbons (Fsp3) is 0.600. The zero-order chi connectivity index (χ0) is 14.1. The summed E-state index contributed by atoms with van der Waals surface area (Å²) in [4.78, 5) is 2.23. The molecular weight excluding hydrogens is 272 g/mol. The second-order valence-corrected chi connectivity index (χ2v) is 12.7. The lowest BCUT2D eigenvalue weighted by atomic mass is 9.96. The molecule has 1 fully saturated rings. The number of thiophene rings is 1. The van der Waals surface area contributed by atoms with Crippen molar-refractivity contribution in [2.45, 2.75) is 39.8 Å². The Hall–Kier alpha value is -0.603. The number of hydrogen-bond donors (Lipinski definition) is 0. The zero-order valence-electron chi connectivity index (χ0n) is 12.4. The highest BCUT2D eigenvalue weighted by Gasteiger charge is 2.29. The Kier molecular flexibility index (Phi) is 4.22. The van der Waals surface area contributed by atoms with Gasteiger partial charge in [-0.2, -0.15) is 0 Å². The molecule has 0 radical (unpaired) electrons. The van der Waals surface area contributed by atoms with Crippen LogP contribution in [0.1, 0.15) is 29.9 Å². The van der Waals surface area contributed by atoms with Crippen molar-refractivity contribution in [3.63, 3.8) is 0 Å². The lowest BCUT2D eigenvalue weighted by Crippen LogP contribution is -2.33. The van der Waals surface area contributed by atoms with Gasteiger partial charge >= 0.3 is 0 Å². The van der Waals surface area contributed by atoms with Crippen LogP contribution in [0.4, 0.5) is 0 Å². The van der Waals surface area contributed by atoms with Crippen molar-refractivity contribution in [3.05, 3.63) is 21.9 Å². The van der Waals surface area contributed by atoms with Crippen LogP contribution in [-0.2, 0) is 9.47 Å². The maximum Gasteiger partial charge on any atom is 0.193 e. The van der Waals surface area contributed by atoms with Crippen LogP contribution in [0.2, 0.25) is 19.6 Å². The smallest absolute Gasteiger partial charge is 0.193 e. The average Bonchev–Trinajstić information content (AvgIpc) is 2.74. The standard InChI is InChI=1S/C15H22O2SSi/c1-15(2)10-16-14(17-11-15)13-7-6-12(18-13)8-9-19(3,4)5/h6-7,14H,10-11H2,1-5H3. The van der Waals surface area contributed by atoms with E-state index < -0.39 is 8.07 Å². The normalized spacial score (nSPS) is 19.8. The van der Waals surface area contributed by atoms with E-state index in [0.29, 0.717) is 0 Å². The van der Waals surface area contributed by atoms with Crippen molar-refractivity contribution >= 4 is 19.4 Å². The summed E-state index contributed by atoms with van der Waals surface area (Å²) in [6.07, 6.45) is -0.208. The van der Waals surface area contributed by atoms with Gasteiger partial charge in [-0.15, -0.1) is 16.9 Å². The largest absolute Gasteiger partial charge is 0.347 e. The number of rotatable bonds is 1. The molecule has 2 heterocycles. The van der Waals surface area contributed by atoms with Crippen LogP contribution in [0.25, 0.3) is 0 Å². The Bertz CT molecular complexity index is 492. The van der Waals surface area contributed by atoms with E-state index >= 15 is 0 Å². The van der Waals surface area contributed by atoms with Gasteiger partial charge in [0.2, 0.25) is 0 Å². The molecule has 2 nitrogen and oxygen atoms in total. The topological polar surface area (TPSA) is 18.5 Å². The third-order valence-corrected chi connectivity index (χ3v) is 4.57. The summed E-state index contributed by atoms with van der Waals surface area (Å²) < 4.78 is 11.6. The second kappa shape index (κ2) is 5.41. The molecule has 0 saturated carbocycles. The first-order valence-corrected chi connectivity index (χ1v) is 10.9. The van der Waals surface area contributed by atoms with Gasteiger partial charge in [-0.05, 0) is 12.1 Å². The van der Waals surface area contributed by atoms with Crippen LogP contribution in [0.5, 0.6) is 0 Å². The predicted molar refractivity (Wildman–Crippen MR) is 83.0 cm³/mol. The van der Waals surface area contributed by atoms with Gasteiger partial charge in [-0.25, -0.2) is 0 Å². The van der Waals surface area contributed by atoms with Crippen LogP contribution >= 0.6 is 11.3 Å². The highest BCUT2D eigenvalue weighted by atomic mass is 32.1. The van der Waals surface area contributed by atoms with Gasteiger partial charge in [0.25, 0.3) is 0 Å². The number of ether oxygens (including phenoxy) is 2. The van der Waals surface area contributed by atoms with Gasteiger partial charge in [0.15, 0.2) is 6.29 Å². The van der Waals surface area contributed by atoms with E-state index in [-0.39, 0.29) is 11.7 Å².